The Hall–Kier alpha value is -1.32. The van der Waals surface area contributed by atoms with Crippen molar-refractivity contribution < 1.29 is 0 Å². The molecule has 0 atom stereocenters. The van der Waals surface area contributed by atoms with Crippen LogP contribution < -0.4 is 21.1 Å². The van der Waals surface area contributed by atoms with Crippen LogP contribution in [0.4, 0.5) is 11.4 Å². The molecule has 0 fully saturated rings. The van der Waals surface area contributed by atoms with Crippen LogP contribution in [0.25, 0.3) is 0 Å². The summed E-state index contributed by atoms with van der Waals surface area (Å²) in [6.45, 7) is 4.98. The molecule has 1 aromatic rings. The Morgan fingerprint density at radius 2 is 1.80 bits per heavy atom. The third-order valence-corrected chi connectivity index (χ3v) is 2.36. The minimum absolute atomic E-state index is 0.382. The van der Waals surface area contributed by atoms with E-state index in [1.165, 1.54) is 0 Å². The molecule has 84 valence electrons. The van der Waals surface area contributed by atoms with E-state index in [0.717, 1.165) is 13.0 Å². The zero-order valence-corrected chi connectivity index (χ0v) is 9.76. The molecule has 0 aromatic heterocycles. The van der Waals surface area contributed by atoms with E-state index in [1.54, 1.807) is 19.0 Å². The summed E-state index contributed by atoms with van der Waals surface area (Å²) in [5.41, 5.74) is 0.212. The van der Waals surface area contributed by atoms with Crippen LogP contribution in [-0.2, 0) is 0 Å². The fourth-order valence-electron chi connectivity index (χ4n) is 1.46. The van der Waals surface area contributed by atoms with Crippen LogP contribution >= 0.6 is 0 Å². The van der Waals surface area contributed by atoms with Gasteiger partial charge in [0.25, 0.3) is 10.9 Å². The van der Waals surface area contributed by atoms with Crippen molar-refractivity contribution in [2.75, 3.05) is 30.9 Å². The lowest BCUT2D eigenvalue weighted by molar-refractivity contribution is 0.607. The van der Waals surface area contributed by atoms with Crippen molar-refractivity contribution in [3.8, 4) is 0 Å². The molecule has 0 bridgehead atoms. The van der Waals surface area contributed by atoms with E-state index in [9.17, 15) is 9.59 Å². The van der Waals surface area contributed by atoms with Gasteiger partial charge < -0.3 is 10.2 Å². The summed E-state index contributed by atoms with van der Waals surface area (Å²) in [6, 6.07) is 0. The van der Waals surface area contributed by atoms with Crippen LogP contribution in [0.15, 0.2) is 9.59 Å². The summed E-state index contributed by atoms with van der Waals surface area (Å²) >= 11 is 0. The van der Waals surface area contributed by atoms with E-state index in [4.69, 9.17) is 0 Å². The highest BCUT2D eigenvalue weighted by molar-refractivity contribution is 5.74. The number of hydrogen-bond donors (Lipinski definition) is 1. The molecule has 0 heterocycles. The normalized spacial score (nSPS) is 11.0. The second-order valence-corrected chi connectivity index (χ2v) is 4.39. The van der Waals surface area contributed by atoms with Gasteiger partial charge in [-0.1, -0.05) is 13.8 Å². The van der Waals surface area contributed by atoms with Gasteiger partial charge in [-0.2, -0.15) is 0 Å². The van der Waals surface area contributed by atoms with E-state index >= 15 is 0 Å². The molecule has 4 nitrogen and oxygen atoms in total. The minimum atomic E-state index is -0.387. The first-order chi connectivity index (χ1) is 6.95. The first-order valence-corrected chi connectivity index (χ1v) is 5.19. The Kier molecular flexibility index (Phi) is 3.50. The highest BCUT2D eigenvalue weighted by Gasteiger charge is 2.21. The van der Waals surface area contributed by atoms with Gasteiger partial charge in [0.2, 0.25) is 0 Å². The van der Waals surface area contributed by atoms with Gasteiger partial charge in [-0.05, 0) is 12.3 Å². The average molecular weight is 210 g/mol. The van der Waals surface area contributed by atoms with Crippen molar-refractivity contribution in [2.45, 2.75) is 20.3 Å². The molecule has 0 saturated heterocycles. The zero-order chi connectivity index (χ0) is 11.6. The van der Waals surface area contributed by atoms with Crippen LogP contribution in [0.2, 0.25) is 0 Å². The first kappa shape index (κ1) is 11.8. The number of rotatable bonds is 5. The molecule has 0 radical (unpaired) electrons. The maximum absolute atomic E-state index is 11.3. The maximum Gasteiger partial charge on any atom is 0.253 e. The topological polar surface area (TPSA) is 49.4 Å². The van der Waals surface area contributed by atoms with Gasteiger partial charge in [-0.15, -0.1) is 0 Å². The summed E-state index contributed by atoms with van der Waals surface area (Å²) in [5.74, 6) is 0.590. The molecule has 0 unspecified atom stereocenters. The predicted molar refractivity (Wildman–Crippen MR) is 63.6 cm³/mol. The molecule has 0 spiro atoms. The van der Waals surface area contributed by atoms with Crippen molar-refractivity contribution >= 4 is 11.4 Å². The van der Waals surface area contributed by atoms with Crippen LogP contribution in [0.1, 0.15) is 20.3 Å². The summed E-state index contributed by atoms with van der Waals surface area (Å²) in [5, 5.41) is 3.03. The smallest absolute Gasteiger partial charge is 0.253 e. The summed E-state index contributed by atoms with van der Waals surface area (Å²) in [4.78, 5) is 24.2. The zero-order valence-electron chi connectivity index (χ0n) is 9.76. The third-order valence-electron chi connectivity index (χ3n) is 2.36. The van der Waals surface area contributed by atoms with Gasteiger partial charge >= 0.3 is 0 Å². The molecule has 0 amide bonds. The van der Waals surface area contributed by atoms with Gasteiger partial charge in [0.1, 0.15) is 11.4 Å². The molecule has 1 N–H and O–H groups in total. The molecule has 1 rings (SSSR count). The van der Waals surface area contributed by atoms with Gasteiger partial charge in [-0.25, -0.2) is 0 Å². The van der Waals surface area contributed by atoms with Gasteiger partial charge in [0, 0.05) is 20.6 Å². The summed E-state index contributed by atoms with van der Waals surface area (Å²) in [7, 11) is 3.54. The average Bonchev–Trinajstić information content (AvgIpc) is 2.14. The maximum atomic E-state index is 11.3. The quantitative estimate of drug-likeness (QED) is 0.731. The Morgan fingerprint density at radius 3 is 2.27 bits per heavy atom. The Balaban J connectivity index is 2.66. The van der Waals surface area contributed by atoms with Crippen LogP contribution in [-0.4, -0.2) is 20.6 Å². The van der Waals surface area contributed by atoms with E-state index in [2.05, 4.69) is 19.2 Å². The van der Waals surface area contributed by atoms with Gasteiger partial charge in [0.05, 0.1) is 0 Å². The molecule has 0 saturated carbocycles. The molecule has 0 aliphatic heterocycles. The van der Waals surface area contributed by atoms with Gasteiger partial charge in [-0.3, -0.25) is 9.59 Å². The molecule has 1 aromatic carbocycles. The first-order valence-electron chi connectivity index (χ1n) is 5.19. The number of anilines is 2. The van der Waals surface area contributed by atoms with Crippen molar-refractivity contribution in [1.29, 1.82) is 0 Å². The van der Waals surface area contributed by atoms with Crippen molar-refractivity contribution in [1.82, 2.24) is 0 Å². The summed E-state index contributed by atoms with van der Waals surface area (Å²) in [6.07, 6.45) is 0.992. The van der Waals surface area contributed by atoms with Crippen molar-refractivity contribution in [3.63, 3.8) is 0 Å². The highest BCUT2D eigenvalue weighted by Crippen LogP contribution is 2.17. The molecule has 4 heteroatoms. The number of nitrogens with zero attached hydrogens (tertiary/aromatic N) is 1. The molecule has 15 heavy (non-hydrogen) atoms. The molecular weight excluding hydrogens is 192 g/mol. The fraction of sp³-hybridized carbons (Fsp3) is 0.636. The minimum Gasteiger partial charge on any atom is -0.380 e. The Morgan fingerprint density at radius 1 is 1.20 bits per heavy atom. The van der Waals surface area contributed by atoms with E-state index in [-0.39, 0.29) is 10.9 Å². The lowest BCUT2D eigenvalue weighted by Crippen LogP contribution is -2.40. The van der Waals surface area contributed by atoms with E-state index < -0.39 is 0 Å². The fourth-order valence-corrected chi connectivity index (χ4v) is 1.46. The molecular formula is C11H18N2O2. The largest absolute Gasteiger partial charge is 0.380 e. The van der Waals surface area contributed by atoms with Crippen molar-refractivity contribution in [2.24, 2.45) is 5.92 Å². The van der Waals surface area contributed by atoms with Crippen molar-refractivity contribution in [3.05, 3.63) is 20.4 Å². The van der Waals surface area contributed by atoms with Crippen LogP contribution in [0.5, 0.6) is 0 Å². The predicted octanol–water partition coefficient (Wildman–Crippen LogP) is 0.807. The Bertz CT molecular complexity index is 401. The standard InChI is InChI=1S/C11H18N2O2/c1-7(2)5-6-12-8-9(13(3)4)11(15)10(8)14/h7,12H,5-6H2,1-4H3. The number of nitrogens with one attached hydrogen (secondary N) is 1. The Labute approximate surface area is 89.6 Å². The summed E-state index contributed by atoms with van der Waals surface area (Å²) < 4.78 is 0. The number of hydrogen-bond acceptors (Lipinski definition) is 4. The highest BCUT2D eigenvalue weighted by atomic mass is 16.2. The second kappa shape index (κ2) is 4.47. The van der Waals surface area contributed by atoms with Crippen LogP contribution in [0, 0.1) is 5.92 Å². The SMILES string of the molecule is CC(C)CCNc1c(N(C)C)c(=O)c1=O. The van der Waals surface area contributed by atoms with E-state index in [1.807, 2.05) is 0 Å². The van der Waals surface area contributed by atoms with Gasteiger partial charge in [0.15, 0.2) is 0 Å². The lowest BCUT2D eigenvalue weighted by atomic mass is 10.1. The monoisotopic (exact) mass is 210 g/mol. The molecule has 0 aliphatic rings. The second-order valence-electron chi connectivity index (χ2n) is 4.39. The van der Waals surface area contributed by atoms with E-state index in [0.29, 0.717) is 17.3 Å². The molecule has 0 aliphatic carbocycles. The lowest BCUT2D eigenvalue weighted by Gasteiger charge is -2.19. The third kappa shape index (κ3) is 2.37. The van der Waals surface area contributed by atoms with Crippen LogP contribution in [0.3, 0.4) is 0 Å².